The van der Waals surface area contributed by atoms with E-state index in [1.165, 1.54) is 167 Å². The van der Waals surface area contributed by atoms with Crippen molar-refractivity contribution in [3.05, 3.63) is 97.2 Å². The second-order valence-corrected chi connectivity index (χ2v) is 22.3. The van der Waals surface area contributed by atoms with Gasteiger partial charge in [0.15, 0.2) is 6.10 Å². The average molecular weight is 1100 g/mol. The third kappa shape index (κ3) is 65.0. The molecule has 0 radical (unpaired) electrons. The zero-order valence-corrected chi connectivity index (χ0v) is 52.1. The summed E-state index contributed by atoms with van der Waals surface area (Å²) in [5.41, 5.74) is 0. The standard InChI is InChI=1S/C73H126O6/c1-4-7-10-13-16-19-22-25-27-28-29-30-31-32-33-34-35-36-37-38-39-40-41-42-43-44-45-46-47-49-51-54-57-60-63-66-72(75)78-69-70(68-77-71(74)65-62-59-56-53-50-24-21-18-15-12-9-6-3)79-73(76)67-64-61-58-55-52-48-26-23-20-17-14-11-8-5-2/h7,10,14,16-19,21,23,25-27,29-30,32-33,70H,4-6,8-9,11-13,15,20,22,24,28,31,34-69H2,1-3H3/b10-7-,17-14-,19-16-,21-18-,26-23-,27-25-,30-29-,33-32-. The Balaban J connectivity index is 4.09. The maximum Gasteiger partial charge on any atom is 0.306 e. The van der Waals surface area contributed by atoms with Crippen molar-refractivity contribution in [3.8, 4) is 0 Å². The van der Waals surface area contributed by atoms with Gasteiger partial charge in [-0.1, -0.05) is 291 Å². The van der Waals surface area contributed by atoms with Gasteiger partial charge in [-0.2, -0.15) is 0 Å². The molecule has 0 aliphatic carbocycles. The van der Waals surface area contributed by atoms with Crippen LogP contribution in [0.5, 0.6) is 0 Å². The van der Waals surface area contributed by atoms with Gasteiger partial charge in [-0.25, -0.2) is 0 Å². The predicted molar refractivity (Wildman–Crippen MR) is 344 cm³/mol. The fraction of sp³-hybridized carbons (Fsp3) is 0.740. The largest absolute Gasteiger partial charge is 0.462 e. The van der Waals surface area contributed by atoms with Crippen LogP contribution < -0.4 is 0 Å². The Hall–Kier alpha value is -3.67. The minimum absolute atomic E-state index is 0.0821. The van der Waals surface area contributed by atoms with E-state index < -0.39 is 6.10 Å². The Labute approximate surface area is 489 Å². The van der Waals surface area contributed by atoms with Gasteiger partial charge in [-0.3, -0.25) is 14.4 Å². The molecule has 79 heavy (non-hydrogen) atoms. The highest BCUT2D eigenvalue weighted by Gasteiger charge is 2.19. The lowest BCUT2D eigenvalue weighted by atomic mass is 10.0. The summed E-state index contributed by atoms with van der Waals surface area (Å²) in [7, 11) is 0. The number of ether oxygens (including phenoxy) is 3. The summed E-state index contributed by atoms with van der Waals surface area (Å²) in [5, 5.41) is 0. The Morgan fingerprint density at radius 2 is 0.506 bits per heavy atom. The Kier molecular flexibility index (Phi) is 63.7. The van der Waals surface area contributed by atoms with E-state index in [4.69, 9.17) is 14.2 Å². The molecule has 0 spiro atoms. The lowest BCUT2D eigenvalue weighted by Crippen LogP contribution is -2.30. The number of carbonyl (C=O) groups excluding carboxylic acids is 3. The van der Waals surface area contributed by atoms with E-state index in [0.717, 1.165) is 122 Å². The molecule has 0 saturated carbocycles. The van der Waals surface area contributed by atoms with Gasteiger partial charge in [0, 0.05) is 19.3 Å². The first-order valence-corrected chi connectivity index (χ1v) is 33.7. The number of hydrogen-bond donors (Lipinski definition) is 0. The highest BCUT2D eigenvalue weighted by atomic mass is 16.6. The maximum atomic E-state index is 12.9. The molecule has 0 aromatic heterocycles. The van der Waals surface area contributed by atoms with Gasteiger partial charge >= 0.3 is 17.9 Å². The van der Waals surface area contributed by atoms with Crippen LogP contribution in [0.2, 0.25) is 0 Å². The highest BCUT2D eigenvalue weighted by Crippen LogP contribution is 2.17. The predicted octanol–water partition coefficient (Wildman–Crippen LogP) is 23.2. The molecular weight excluding hydrogens is 973 g/mol. The van der Waals surface area contributed by atoms with Gasteiger partial charge in [-0.15, -0.1) is 0 Å². The fourth-order valence-electron chi connectivity index (χ4n) is 9.48. The van der Waals surface area contributed by atoms with Crippen LogP contribution in [0.25, 0.3) is 0 Å². The normalized spacial score (nSPS) is 12.7. The molecule has 0 aliphatic heterocycles. The smallest absolute Gasteiger partial charge is 0.306 e. The molecule has 454 valence electrons. The molecule has 0 aromatic rings. The molecule has 6 heteroatoms. The van der Waals surface area contributed by atoms with Crippen molar-refractivity contribution in [3.63, 3.8) is 0 Å². The van der Waals surface area contributed by atoms with Gasteiger partial charge < -0.3 is 14.2 Å². The van der Waals surface area contributed by atoms with Crippen molar-refractivity contribution in [2.75, 3.05) is 13.2 Å². The number of allylic oxidation sites excluding steroid dienone is 16. The second-order valence-electron chi connectivity index (χ2n) is 22.3. The van der Waals surface area contributed by atoms with E-state index in [-0.39, 0.29) is 31.1 Å². The first kappa shape index (κ1) is 75.3. The van der Waals surface area contributed by atoms with Crippen molar-refractivity contribution < 1.29 is 28.6 Å². The van der Waals surface area contributed by atoms with Gasteiger partial charge in [0.1, 0.15) is 13.2 Å². The molecule has 1 unspecified atom stereocenters. The van der Waals surface area contributed by atoms with E-state index in [1.807, 2.05) is 0 Å². The number of hydrogen-bond acceptors (Lipinski definition) is 6. The molecule has 0 bridgehead atoms. The van der Waals surface area contributed by atoms with Crippen molar-refractivity contribution in [1.82, 2.24) is 0 Å². The highest BCUT2D eigenvalue weighted by molar-refractivity contribution is 5.71. The minimum atomic E-state index is -0.786. The molecule has 6 nitrogen and oxygen atoms in total. The third-order valence-corrected chi connectivity index (χ3v) is 14.5. The van der Waals surface area contributed by atoms with Crippen molar-refractivity contribution >= 4 is 17.9 Å². The zero-order chi connectivity index (χ0) is 57.1. The molecule has 0 amide bonds. The van der Waals surface area contributed by atoms with Crippen LogP contribution in [-0.2, 0) is 28.6 Å². The number of carbonyl (C=O) groups is 3. The molecule has 0 saturated heterocycles. The van der Waals surface area contributed by atoms with E-state index >= 15 is 0 Å². The third-order valence-electron chi connectivity index (χ3n) is 14.5. The zero-order valence-electron chi connectivity index (χ0n) is 52.1. The number of unbranched alkanes of at least 4 members (excludes halogenated alkanes) is 34. The number of rotatable bonds is 61. The van der Waals surface area contributed by atoms with Crippen LogP contribution in [0, 0.1) is 0 Å². The van der Waals surface area contributed by atoms with Gasteiger partial charge in [0.25, 0.3) is 0 Å². The first-order valence-electron chi connectivity index (χ1n) is 33.7. The van der Waals surface area contributed by atoms with Crippen LogP contribution >= 0.6 is 0 Å². The van der Waals surface area contributed by atoms with Crippen LogP contribution in [0.4, 0.5) is 0 Å². The van der Waals surface area contributed by atoms with Crippen LogP contribution in [0.15, 0.2) is 97.2 Å². The van der Waals surface area contributed by atoms with E-state index in [2.05, 4.69) is 118 Å². The molecule has 0 fully saturated rings. The van der Waals surface area contributed by atoms with Crippen LogP contribution in [0.3, 0.4) is 0 Å². The van der Waals surface area contributed by atoms with E-state index in [0.29, 0.717) is 19.3 Å². The Morgan fingerprint density at radius 3 is 0.823 bits per heavy atom. The minimum Gasteiger partial charge on any atom is -0.462 e. The molecule has 0 heterocycles. The second kappa shape index (κ2) is 66.8. The van der Waals surface area contributed by atoms with Crippen LogP contribution in [0.1, 0.15) is 329 Å². The molecular formula is C73H126O6. The molecule has 0 rings (SSSR count). The molecule has 0 aliphatic rings. The summed E-state index contributed by atoms with van der Waals surface area (Å²) in [5.74, 6) is -0.894. The SMILES string of the molecule is CC/C=C\C/C=C\C/C=C\C/C=C\C/C=C\CCCCCCCCCCCCCCCCCCCCCC(=O)OCC(COC(=O)CCCCCCC/C=C\CCCCC)OC(=O)CCCCCCC/C=C\C/C=C\CCCC. The molecule has 1 atom stereocenters. The fourth-order valence-corrected chi connectivity index (χ4v) is 9.48. The van der Waals surface area contributed by atoms with Gasteiger partial charge in [0.05, 0.1) is 0 Å². The lowest BCUT2D eigenvalue weighted by Gasteiger charge is -2.18. The lowest BCUT2D eigenvalue weighted by molar-refractivity contribution is -0.167. The summed E-state index contributed by atoms with van der Waals surface area (Å²) in [6.07, 6.45) is 90.1. The summed E-state index contributed by atoms with van der Waals surface area (Å²) in [6, 6.07) is 0. The molecule has 0 N–H and O–H groups in total. The first-order chi connectivity index (χ1) is 39.0. The van der Waals surface area contributed by atoms with Crippen molar-refractivity contribution in [2.45, 2.75) is 335 Å². The van der Waals surface area contributed by atoms with Crippen LogP contribution in [-0.4, -0.2) is 37.2 Å². The maximum absolute atomic E-state index is 12.9. The van der Waals surface area contributed by atoms with E-state index in [1.54, 1.807) is 0 Å². The Morgan fingerprint density at radius 1 is 0.266 bits per heavy atom. The topological polar surface area (TPSA) is 78.9 Å². The quantitative estimate of drug-likeness (QED) is 0.0261. The summed E-state index contributed by atoms with van der Waals surface area (Å²) < 4.78 is 16.9. The summed E-state index contributed by atoms with van der Waals surface area (Å²) in [6.45, 7) is 6.47. The molecule has 0 aromatic carbocycles. The summed E-state index contributed by atoms with van der Waals surface area (Å²) in [4.78, 5) is 38.2. The summed E-state index contributed by atoms with van der Waals surface area (Å²) >= 11 is 0. The van der Waals surface area contributed by atoms with Gasteiger partial charge in [0.2, 0.25) is 0 Å². The number of esters is 3. The van der Waals surface area contributed by atoms with E-state index in [9.17, 15) is 14.4 Å². The van der Waals surface area contributed by atoms with Crippen molar-refractivity contribution in [2.24, 2.45) is 0 Å². The van der Waals surface area contributed by atoms with Gasteiger partial charge in [-0.05, 0) is 116 Å². The Bertz CT molecular complexity index is 1540. The monoisotopic (exact) mass is 1100 g/mol. The van der Waals surface area contributed by atoms with Crippen molar-refractivity contribution in [1.29, 1.82) is 0 Å². The average Bonchev–Trinajstić information content (AvgIpc) is 3.45.